The minimum Gasteiger partial charge on any atom is -0.370 e. The van der Waals surface area contributed by atoms with Crippen molar-refractivity contribution >= 4 is 5.96 Å². The molecular weight excluding hydrogens is 210 g/mol. The molecule has 0 radical (unpaired) electrons. The van der Waals surface area contributed by atoms with Crippen LogP contribution in [0.15, 0.2) is 4.99 Å². The number of rotatable bonds is 2. The topological polar surface area (TPSA) is 41.6 Å². The van der Waals surface area contributed by atoms with E-state index in [1.165, 1.54) is 51.5 Å². The molecule has 96 valence electrons. The van der Waals surface area contributed by atoms with Gasteiger partial charge in [0.1, 0.15) is 0 Å². The molecule has 0 aromatic rings. The molecule has 2 atom stereocenters. The first kappa shape index (κ1) is 11.4. The average Bonchev–Trinajstić information content (AvgIpc) is 3.08. The van der Waals surface area contributed by atoms with Gasteiger partial charge in [-0.05, 0) is 43.9 Å². The third-order valence-electron chi connectivity index (χ3n) is 4.96. The Hall–Kier alpha value is -0.730. The molecule has 3 aliphatic rings. The summed E-state index contributed by atoms with van der Waals surface area (Å²) in [5.74, 6) is 2.62. The molecule has 3 rings (SSSR count). The molecule has 2 aliphatic carbocycles. The van der Waals surface area contributed by atoms with Crippen molar-refractivity contribution in [2.75, 3.05) is 13.1 Å². The van der Waals surface area contributed by atoms with Crippen molar-refractivity contribution in [3.8, 4) is 0 Å². The Bertz CT molecular complexity index is 321. The third kappa shape index (κ3) is 2.16. The van der Waals surface area contributed by atoms with Gasteiger partial charge in [0.25, 0.3) is 0 Å². The summed E-state index contributed by atoms with van der Waals surface area (Å²) in [5.41, 5.74) is 6.43. The predicted molar refractivity (Wildman–Crippen MR) is 70.9 cm³/mol. The van der Waals surface area contributed by atoms with E-state index in [2.05, 4.69) is 16.8 Å². The highest BCUT2D eigenvalue weighted by Gasteiger charge is 2.44. The Kier molecular flexibility index (Phi) is 2.80. The van der Waals surface area contributed by atoms with Gasteiger partial charge in [-0.1, -0.05) is 19.8 Å². The van der Waals surface area contributed by atoms with Crippen LogP contribution < -0.4 is 5.73 Å². The lowest BCUT2D eigenvalue weighted by Gasteiger charge is -2.39. The second kappa shape index (κ2) is 4.18. The maximum atomic E-state index is 6.12. The summed E-state index contributed by atoms with van der Waals surface area (Å²) in [7, 11) is 0. The van der Waals surface area contributed by atoms with Crippen molar-refractivity contribution in [1.29, 1.82) is 0 Å². The quantitative estimate of drug-likeness (QED) is 0.798. The number of hydrogen-bond donors (Lipinski definition) is 1. The first-order chi connectivity index (χ1) is 8.20. The first-order valence-corrected chi connectivity index (χ1v) is 7.27. The molecule has 0 aromatic carbocycles. The van der Waals surface area contributed by atoms with Gasteiger partial charge in [-0.3, -0.25) is 4.99 Å². The first-order valence-electron chi connectivity index (χ1n) is 7.27. The molecular formula is C14H25N3. The molecule has 0 saturated heterocycles. The lowest BCUT2D eigenvalue weighted by Crippen LogP contribution is -2.52. The van der Waals surface area contributed by atoms with Crippen molar-refractivity contribution < 1.29 is 0 Å². The van der Waals surface area contributed by atoms with Crippen LogP contribution in [0.2, 0.25) is 0 Å². The van der Waals surface area contributed by atoms with Crippen LogP contribution >= 0.6 is 0 Å². The standard InChI is InChI=1S/C14H25N3/c1-11-3-2-7-14(8-6-11)10-16-13(15)17(14)9-12-4-5-12/h11-12H,2-10H2,1H3,(H2,15,16). The molecule has 0 aromatic heterocycles. The van der Waals surface area contributed by atoms with Crippen molar-refractivity contribution in [3.05, 3.63) is 0 Å². The molecule has 3 nitrogen and oxygen atoms in total. The van der Waals surface area contributed by atoms with E-state index in [9.17, 15) is 0 Å². The lowest BCUT2D eigenvalue weighted by atomic mass is 9.88. The summed E-state index contributed by atoms with van der Waals surface area (Å²) >= 11 is 0. The van der Waals surface area contributed by atoms with Crippen LogP contribution in [0.3, 0.4) is 0 Å². The van der Waals surface area contributed by atoms with Crippen molar-refractivity contribution in [2.24, 2.45) is 22.6 Å². The third-order valence-corrected chi connectivity index (χ3v) is 4.96. The number of aliphatic imine (C=N–C) groups is 1. The minimum atomic E-state index is 0.303. The van der Waals surface area contributed by atoms with Gasteiger partial charge in [0.15, 0.2) is 5.96 Å². The molecule has 1 aliphatic heterocycles. The van der Waals surface area contributed by atoms with Gasteiger partial charge in [-0.2, -0.15) is 0 Å². The Morgan fingerprint density at radius 2 is 2.12 bits per heavy atom. The van der Waals surface area contributed by atoms with Crippen LogP contribution in [0.5, 0.6) is 0 Å². The summed E-state index contributed by atoms with van der Waals surface area (Å²) in [6, 6.07) is 0. The highest BCUT2D eigenvalue weighted by molar-refractivity contribution is 5.81. The van der Waals surface area contributed by atoms with Crippen LogP contribution in [0.25, 0.3) is 0 Å². The van der Waals surface area contributed by atoms with E-state index < -0.39 is 0 Å². The Balaban J connectivity index is 1.74. The Morgan fingerprint density at radius 1 is 1.29 bits per heavy atom. The molecule has 3 heteroatoms. The Labute approximate surface area is 104 Å². The van der Waals surface area contributed by atoms with E-state index in [0.717, 1.165) is 24.3 Å². The van der Waals surface area contributed by atoms with E-state index in [1.54, 1.807) is 0 Å². The summed E-state index contributed by atoms with van der Waals surface area (Å²) in [5, 5.41) is 0. The molecule has 0 bridgehead atoms. The zero-order valence-electron chi connectivity index (χ0n) is 11.0. The maximum Gasteiger partial charge on any atom is 0.191 e. The van der Waals surface area contributed by atoms with Crippen molar-refractivity contribution in [1.82, 2.24) is 4.90 Å². The fourth-order valence-electron chi connectivity index (χ4n) is 3.48. The average molecular weight is 235 g/mol. The number of guanidine groups is 1. The van der Waals surface area contributed by atoms with Gasteiger partial charge in [0.05, 0.1) is 12.1 Å². The van der Waals surface area contributed by atoms with Gasteiger partial charge in [-0.25, -0.2) is 0 Å². The lowest BCUT2D eigenvalue weighted by molar-refractivity contribution is 0.167. The molecule has 2 saturated carbocycles. The Morgan fingerprint density at radius 3 is 2.88 bits per heavy atom. The summed E-state index contributed by atoms with van der Waals surface area (Å²) in [4.78, 5) is 7.04. The normalized spacial score (nSPS) is 38.3. The van der Waals surface area contributed by atoms with E-state index in [1.807, 2.05) is 0 Å². The van der Waals surface area contributed by atoms with Gasteiger partial charge >= 0.3 is 0 Å². The second-order valence-electron chi connectivity index (χ2n) is 6.49. The van der Waals surface area contributed by atoms with Gasteiger partial charge in [0, 0.05) is 6.54 Å². The van der Waals surface area contributed by atoms with Crippen molar-refractivity contribution in [2.45, 2.75) is 57.4 Å². The van der Waals surface area contributed by atoms with Crippen LogP contribution in [-0.2, 0) is 0 Å². The van der Waals surface area contributed by atoms with Gasteiger partial charge < -0.3 is 10.6 Å². The highest BCUT2D eigenvalue weighted by atomic mass is 15.4. The number of hydrogen-bond acceptors (Lipinski definition) is 3. The van der Waals surface area contributed by atoms with Crippen LogP contribution in [0, 0.1) is 11.8 Å². The monoisotopic (exact) mass is 235 g/mol. The largest absolute Gasteiger partial charge is 0.370 e. The molecule has 1 spiro atoms. The zero-order valence-corrected chi connectivity index (χ0v) is 11.0. The molecule has 2 N–H and O–H groups in total. The molecule has 1 heterocycles. The summed E-state index contributed by atoms with van der Waals surface area (Å²) in [6.45, 7) is 4.52. The van der Waals surface area contributed by atoms with Gasteiger partial charge in [-0.15, -0.1) is 0 Å². The highest BCUT2D eigenvalue weighted by Crippen LogP contribution is 2.40. The zero-order chi connectivity index (χ0) is 11.9. The predicted octanol–water partition coefficient (Wildman–Crippen LogP) is 2.37. The minimum absolute atomic E-state index is 0.303. The van der Waals surface area contributed by atoms with Gasteiger partial charge in [0.2, 0.25) is 0 Å². The summed E-state index contributed by atoms with van der Waals surface area (Å²) in [6.07, 6.45) is 9.49. The van der Waals surface area contributed by atoms with E-state index in [0.29, 0.717) is 5.54 Å². The molecule has 0 amide bonds. The van der Waals surface area contributed by atoms with E-state index >= 15 is 0 Å². The SMILES string of the molecule is CC1CCCC2(CC1)CN=C(N)N2CC1CC1. The molecule has 2 unspecified atom stereocenters. The molecule has 2 fully saturated rings. The van der Waals surface area contributed by atoms with Crippen molar-refractivity contribution in [3.63, 3.8) is 0 Å². The smallest absolute Gasteiger partial charge is 0.191 e. The van der Waals surface area contributed by atoms with Crippen LogP contribution in [0.1, 0.15) is 51.9 Å². The maximum absolute atomic E-state index is 6.12. The fraction of sp³-hybridized carbons (Fsp3) is 0.929. The second-order valence-corrected chi connectivity index (χ2v) is 6.49. The number of nitrogens with zero attached hydrogens (tertiary/aromatic N) is 2. The van der Waals surface area contributed by atoms with Crippen LogP contribution in [-0.4, -0.2) is 29.5 Å². The number of nitrogens with two attached hydrogens (primary N) is 1. The fourth-order valence-corrected chi connectivity index (χ4v) is 3.48. The van der Waals surface area contributed by atoms with E-state index in [-0.39, 0.29) is 0 Å². The molecule has 17 heavy (non-hydrogen) atoms. The van der Waals surface area contributed by atoms with Crippen LogP contribution in [0.4, 0.5) is 0 Å². The summed E-state index contributed by atoms with van der Waals surface area (Å²) < 4.78 is 0. The van der Waals surface area contributed by atoms with E-state index in [4.69, 9.17) is 5.73 Å².